The van der Waals surface area contributed by atoms with Crippen LogP contribution >= 0.6 is 0 Å². The first kappa shape index (κ1) is 6.65. The molecule has 2 unspecified atom stereocenters. The molecule has 0 aromatic carbocycles. The maximum Gasteiger partial charge on any atom is 0.0969 e. The highest BCUT2D eigenvalue weighted by molar-refractivity contribution is 5.82. The number of likely N-dealkylation sites (N-methyl/N-ethyl adjacent to an activating group) is 1. The summed E-state index contributed by atoms with van der Waals surface area (Å²) in [6.45, 7) is 2.06. The van der Waals surface area contributed by atoms with Crippen molar-refractivity contribution in [3.63, 3.8) is 0 Å². The molecule has 1 aliphatic carbocycles. The van der Waals surface area contributed by atoms with Crippen molar-refractivity contribution in [2.75, 3.05) is 7.05 Å². The Morgan fingerprint density at radius 1 is 1.36 bits per heavy atom. The van der Waals surface area contributed by atoms with Gasteiger partial charge in [0.25, 0.3) is 0 Å². The van der Waals surface area contributed by atoms with Crippen LogP contribution in [0.3, 0.4) is 0 Å². The SMILES string of the molecule is CC1=NC2C=CC=CC2N1C. The van der Waals surface area contributed by atoms with Crippen molar-refractivity contribution in [2.45, 2.75) is 19.0 Å². The molecule has 0 amide bonds. The first-order valence-corrected chi connectivity index (χ1v) is 3.91. The van der Waals surface area contributed by atoms with Gasteiger partial charge >= 0.3 is 0 Å². The minimum absolute atomic E-state index is 0.366. The zero-order valence-electron chi connectivity index (χ0n) is 6.86. The Morgan fingerprint density at radius 2 is 2.09 bits per heavy atom. The highest BCUT2D eigenvalue weighted by atomic mass is 15.3. The van der Waals surface area contributed by atoms with Crippen molar-refractivity contribution in [3.8, 4) is 0 Å². The molecule has 2 rings (SSSR count). The summed E-state index contributed by atoms with van der Waals surface area (Å²) in [4.78, 5) is 6.71. The first-order chi connectivity index (χ1) is 5.29. The van der Waals surface area contributed by atoms with Gasteiger partial charge in [-0.15, -0.1) is 0 Å². The molecule has 11 heavy (non-hydrogen) atoms. The number of hydrogen-bond donors (Lipinski definition) is 0. The molecule has 0 N–H and O–H groups in total. The molecule has 1 heterocycles. The molecule has 0 aromatic heterocycles. The van der Waals surface area contributed by atoms with E-state index in [9.17, 15) is 0 Å². The van der Waals surface area contributed by atoms with E-state index < -0.39 is 0 Å². The molecule has 2 atom stereocenters. The predicted octanol–water partition coefficient (Wildman–Crippen LogP) is 1.21. The number of rotatable bonds is 0. The molecular weight excluding hydrogens is 136 g/mol. The summed E-state index contributed by atoms with van der Waals surface area (Å²) in [6, 6.07) is 0.838. The second-order valence-corrected chi connectivity index (χ2v) is 3.04. The fraction of sp³-hybridized carbons (Fsp3) is 0.444. The van der Waals surface area contributed by atoms with Crippen LogP contribution in [0.15, 0.2) is 29.3 Å². The quantitative estimate of drug-likeness (QED) is 0.504. The lowest BCUT2D eigenvalue weighted by Gasteiger charge is -2.22. The monoisotopic (exact) mass is 148 g/mol. The molecule has 1 aliphatic heterocycles. The summed E-state index contributed by atoms with van der Waals surface area (Å²) in [6.07, 6.45) is 8.51. The summed E-state index contributed by atoms with van der Waals surface area (Å²) in [5, 5.41) is 0. The first-order valence-electron chi connectivity index (χ1n) is 3.91. The Bertz CT molecular complexity index is 250. The van der Waals surface area contributed by atoms with Crippen LogP contribution in [0.2, 0.25) is 0 Å². The van der Waals surface area contributed by atoms with Gasteiger partial charge in [0.1, 0.15) is 0 Å². The van der Waals surface area contributed by atoms with Crippen molar-refractivity contribution in [3.05, 3.63) is 24.3 Å². The van der Waals surface area contributed by atoms with Crippen LogP contribution in [0.4, 0.5) is 0 Å². The Kier molecular flexibility index (Phi) is 1.34. The summed E-state index contributed by atoms with van der Waals surface area (Å²) in [5.74, 6) is 1.14. The third kappa shape index (κ3) is 0.897. The lowest BCUT2D eigenvalue weighted by molar-refractivity contribution is 0.435. The molecule has 0 fully saturated rings. The number of allylic oxidation sites excluding steroid dienone is 2. The summed E-state index contributed by atoms with van der Waals surface area (Å²) >= 11 is 0. The van der Waals surface area contributed by atoms with Crippen molar-refractivity contribution in [1.29, 1.82) is 0 Å². The van der Waals surface area contributed by atoms with Crippen LogP contribution in [-0.4, -0.2) is 29.9 Å². The maximum atomic E-state index is 4.50. The standard InChI is InChI=1S/C9H12N2/c1-7-10-8-5-3-4-6-9(8)11(7)2/h3-6,8-9H,1-2H3. The van der Waals surface area contributed by atoms with Crippen LogP contribution in [-0.2, 0) is 0 Å². The fourth-order valence-corrected chi connectivity index (χ4v) is 1.58. The Balaban J connectivity index is 2.29. The van der Waals surface area contributed by atoms with Crippen LogP contribution in [0.1, 0.15) is 6.92 Å². The normalized spacial score (nSPS) is 34.0. The largest absolute Gasteiger partial charge is 0.355 e. The van der Waals surface area contributed by atoms with Crippen LogP contribution in [0.25, 0.3) is 0 Å². The van der Waals surface area contributed by atoms with E-state index in [2.05, 4.69) is 48.2 Å². The van der Waals surface area contributed by atoms with E-state index in [1.54, 1.807) is 0 Å². The van der Waals surface area contributed by atoms with Gasteiger partial charge in [-0.1, -0.05) is 24.3 Å². The van der Waals surface area contributed by atoms with E-state index >= 15 is 0 Å². The molecule has 0 saturated carbocycles. The summed E-state index contributed by atoms with van der Waals surface area (Å²) < 4.78 is 0. The van der Waals surface area contributed by atoms with E-state index in [4.69, 9.17) is 0 Å². The third-order valence-corrected chi connectivity index (χ3v) is 2.37. The number of hydrogen-bond acceptors (Lipinski definition) is 2. The van der Waals surface area contributed by atoms with Crippen LogP contribution < -0.4 is 0 Å². The molecule has 0 spiro atoms. The second kappa shape index (κ2) is 2.22. The molecule has 0 saturated heterocycles. The van der Waals surface area contributed by atoms with Gasteiger partial charge < -0.3 is 4.90 Å². The van der Waals surface area contributed by atoms with Crippen molar-refractivity contribution in [2.24, 2.45) is 4.99 Å². The van der Waals surface area contributed by atoms with Gasteiger partial charge in [0, 0.05) is 7.05 Å². The van der Waals surface area contributed by atoms with Gasteiger partial charge in [0.05, 0.1) is 17.9 Å². The van der Waals surface area contributed by atoms with Gasteiger partial charge in [-0.25, -0.2) is 0 Å². The zero-order chi connectivity index (χ0) is 7.84. The van der Waals surface area contributed by atoms with E-state index in [1.165, 1.54) is 0 Å². The maximum absolute atomic E-state index is 4.50. The van der Waals surface area contributed by atoms with Gasteiger partial charge in [0.2, 0.25) is 0 Å². The topological polar surface area (TPSA) is 15.6 Å². The molecule has 58 valence electrons. The Hall–Kier alpha value is -1.05. The van der Waals surface area contributed by atoms with Crippen molar-refractivity contribution in [1.82, 2.24) is 4.90 Å². The van der Waals surface area contributed by atoms with E-state index in [-0.39, 0.29) is 0 Å². The Morgan fingerprint density at radius 3 is 2.82 bits per heavy atom. The summed E-state index contributed by atoms with van der Waals surface area (Å²) in [7, 11) is 2.09. The van der Waals surface area contributed by atoms with Crippen molar-refractivity contribution < 1.29 is 0 Å². The van der Waals surface area contributed by atoms with Gasteiger partial charge in [0.15, 0.2) is 0 Å². The van der Waals surface area contributed by atoms with E-state index in [1.807, 2.05) is 0 Å². The second-order valence-electron chi connectivity index (χ2n) is 3.04. The molecule has 2 heteroatoms. The van der Waals surface area contributed by atoms with Gasteiger partial charge in [-0.3, -0.25) is 4.99 Å². The van der Waals surface area contributed by atoms with E-state index in [0.29, 0.717) is 12.1 Å². The highest BCUT2D eigenvalue weighted by Crippen LogP contribution is 2.20. The molecular formula is C9H12N2. The lowest BCUT2D eigenvalue weighted by Crippen LogP contribution is -2.34. The zero-order valence-corrected chi connectivity index (χ0v) is 6.86. The predicted molar refractivity (Wildman–Crippen MR) is 46.7 cm³/mol. The van der Waals surface area contributed by atoms with Gasteiger partial charge in [-0.2, -0.15) is 0 Å². The molecule has 2 aliphatic rings. The number of fused-ring (bicyclic) bond motifs is 1. The minimum atomic E-state index is 0.366. The average Bonchev–Trinajstić information content (AvgIpc) is 2.30. The molecule has 0 radical (unpaired) electrons. The third-order valence-electron chi connectivity index (χ3n) is 2.37. The number of amidine groups is 1. The lowest BCUT2D eigenvalue weighted by atomic mass is 10.0. The molecule has 2 nitrogen and oxygen atoms in total. The van der Waals surface area contributed by atoms with E-state index in [0.717, 1.165) is 5.84 Å². The smallest absolute Gasteiger partial charge is 0.0969 e. The number of nitrogens with zero attached hydrogens (tertiary/aromatic N) is 2. The average molecular weight is 148 g/mol. The molecule has 0 aromatic rings. The number of aliphatic imine (C=N–C) groups is 1. The van der Waals surface area contributed by atoms with Gasteiger partial charge in [-0.05, 0) is 6.92 Å². The van der Waals surface area contributed by atoms with Crippen molar-refractivity contribution >= 4 is 5.84 Å². The minimum Gasteiger partial charge on any atom is -0.355 e. The highest BCUT2D eigenvalue weighted by Gasteiger charge is 2.28. The molecule has 0 bridgehead atoms. The summed E-state index contributed by atoms with van der Waals surface area (Å²) in [5.41, 5.74) is 0. The Labute approximate surface area is 66.9 Å². The fourth-order valence-electron chi connectivity index (χ4n) is 1.58. The van der Waals surface area contributed by atoms with Crippen LogP contribution in [0, 0.1) is 0 Å². The van der Waals surface area contributed by atoms with Crippen LogP contribution in [0.5, 0.6) is 0 Å².